The average molecular weight is 282 g/mol. The first-order valence-corrected chi connectivity index (χ1v) is 7.36. The Kier molecular flexibility index (Phi) is 5.38. The van der Waals surface area contributed by atoms with E-state index in [4.69, 9.17) is 5.73 Å². The molecule has 2 rings (SSSR count). The standard InChI is InChI=1S/C18H22N2O/c1-2-14-3-5-16(6-4-14)13-20-18(21)12-9-15-7-10-17(19)11-8-15/h3-8,10-11H,2,9,12-13,19H2,1H3,(H,20,21). The predicted octanol–water partition coefficient (Wildman–Crippen LogP) is 3.08. The van der Waals surface area contributed by atoms with Crippen molar-refractivity contribution in [2.24, 2.45) is 0 Å². The van der Waals surface area contributed by atoms with Gasteiger partial charge in [-0.1, -0.05) is 43.3 Å². The molecule has 0 aliphatic carbocycles. The Bertz CT molecular complexity index is 573. The Balaban J connectivity index is 1.75. The minimum Gasteiger partial charge on any atom is -0.399 e. The lowest BCUT2D eigenvalue weighted by Crippen LogP contribution is -2.22. The van der Waals surface area contributed by atoms with E-state index in [2.05, 4.69) is 36.5 Å². The van der Waals surface area contributed by atoms with Crippen molar-refractivity contribution in [3.05, 3.63) is 65.2 Å². The molecule has 2 aromatic carbocycles. The van der Waals surface area contributed by atoms with E-state index in [1.54, 1.807) is 0 Å². The van der Waals surface area contributed by atoms with Crippen LogP contribution in [-0.4, -0.2) is 5.91 Å². The number of amides is 1. The van der Waals surface area contributed by atoms with Gasteiger partial charge in [0.05, 0.1) is 0 Å². The summed E-state index contributed by atoms with van der Waals surface area (Å²) in [6.45, 7) is 2.72. The van der Waals surface area contributed by atoms with Crippen LogP contribution in [0.5, 0.6) is 0 Å². The predicted molar refractivity (Wildman–Crippen MR) is 86.8 cm³/mol. The number of rotatable bonds is 6. The molecule has 0 bridgehead atoms. The molecule has 2 aromatic rings. The van der Waals surface area contributed by atoms with Gasteiger partial charge in [-0.3, -0.25) is 4.79 Å². The van der Waals surface area contributed by atoms with Crippen molar-refractivity contribution in [2.45, 2.75) is 32.7 Å². The molecule has 3 N–H and O–H groups in total. The summed E-state index contributed by atoms with van der Waals surface area (Å²) in [5, 5.41) is 2.95. The Hall–Kier alpha value is -2.29. The molecule has 0 atom stereocenters. The van der Waals surface area contributed by atoms with Gasteiger partial charge in [-0.05, 0) is 41.7 Å². The van der Waals surface area contributed by atoms with Gasteiger partial charge in [0.15, 0.2) is 0 Å². The third kappa shape index (κ3) is 4.95. The van der Waals surface area contributed by atoms with Gasteiger partial charge in [0.1, 0.15) is 0 Å². The van der Waals surface area contributed by atoms with Crippen LogP contribution in [0.1, 0.15) is 30.0 Å². The second-order valence-corrected chi connectivity index (χ2v) is 5.19. The molecule has 1 amide bonds. The maximum absolute atomic E-state index is 11.8. The zero-order valence-electron chi connectivity index (χ0n) is 12.4. The van der Waals surface area contributed by atoms with Crippen molar-refractivity contribution in [1.29, 1.82) is 0 Å². The van der Waals surface area contributed by atoms with Crippen molar-refractivity contribution < 1.29 is 4.79 Å². The lowest BCUT2D eigenvalue weighted by atomic mass is 10.1. The van der Waals surface area contributed by atoms with Crippen molar-refractivity contribution in [1.82, 2.24) is 5.32 Å². The van der Waals surface area contributed by atoms with Crippen LogP contribution in [0.4, 0.5) is 5.69 Å². The monoisotopic (exact) mass is 282 g/mol. The van der Waals surface area contributed by atoms with Crippen molar-refractivity contribution in [3.8, 4) is 0 Å². The third-order valence-electron chi connectivity index (χ3n) is 3.54. The van der Waals surface area contributed by atoms with E-state index >= 15 is 0 Å². The third-order valence-corrected chi connectivity index (χ3v) is 3.54. The van der Waals surface area contributed by atoms with Gasteiger partial charge in [-0.15, -0.1) is 0 Å². The number of carbonyl (C=O) groups excluding carboxylic acids is 1. The fourth-order valence-corrected chi connectivity index (χ4v) is 2.12. The van der Waals surface area contributed by atoms with Crippen LogP contribution in [0.2, 0.25) is 0 Å². The highest BCUT2D eigenvalue weighted by atomic mass is 16.1. The fourth-order valence-electron chi connectivity index (χ4n) is 2.12. The van der Waals surface area contributed by atoms with Crippen LogP contribution in [0.3, 0.4) is 0 Å². The second kappa shape index (κ2) is 7.48. The minimum atomic E-state index is 0.0754. The van der Waals surface area contributed by atoms with Crippen LogP contribution in [-0.2, 0) is 24.2 Å². The first-order valence-electron chi connectivity index (χ1n) is 7.36. The fraction of sp³-hybridized carbons (Fsp3) is 0.278. The Morgan fingerprint density at radius 2 is 1.52 bits per heavy atom. The number of nitrogen functional groups attached to an aromatic ring is 1. The summed E-state index contributed by atoms with van der Waals surface area (Å²) in [6, 6.07) is 16.0. The van der Waals surface area contributed by atoms with Gasteiger partial charge in [0, 0.05) is 18.7 Å². The summed E-state index contributed by atoms with van der Waals surface area (Å²) in [4.78, 5) is 11.8. The summed E-state index contributed by atoms with van der Waals surface area (Å²) >= 11 is 0. The molecule has 0 saturated carbocycles. The van der Waals surface area contributed by atoms with E-state index in [0.29, 0.717) is 13.0 Å². The largest absolute Gasteiger partial charge is 0.399 e. The van der Waals surface area contributed by atoms with Gasteiger partial charge < -0.3 is 11.1 Å². The van der Waals surface area contributed by atoms with Crippen LogP contribution < -0.4 is 11.1 Å². The maximum Gasteiger partial charge on any atom is 0.220 e. The average Bonchev–Trinajstić information content (AvgIpc) is 2.53. The highest BCUT2D eigenvalue weighted by molar-refractivity contribution is 5.76. The van der Waals surface area contributed by atoms with Gasteiger partial charge in [0.25, 0.3) is 0 Å². The van der Waals surface area contributed by atoms with E-state index in [9.17, 15) is 4.79 Å². The molecule has 0 aromatic heterocycles. The summed E-state index contributed by atoms with van der Waals surface area (Å²) in [7, 11) is 0. The van der Waals surface area contributed by atoms with E-state index in [0.717, 1.165) is 29.7 Å². The van der Waals surface area contributed by atoms with Gasteiger partial charge >= 0.3 is 0 Å². The molecule has 3 nitrogen and oxygen atoms in total. The molecule has 0 heterocycles. The molecule has 0 saturated heterocycles. The van der Waals surface area contributed by atoms with E-state index < -0.39 is 0 Å². The summed E-state index contributed by atoms with van der Waals surface area (Å²) < 4.78 is 0. The molecule has 3 heteroatoms. The first kappa shape index (κ1) is 15.1. The van der Waals surface area contributed by atoms with Crippen LogP contribution in [0, 0.1) is 0 Å². The SMILES string of the molecule is CCc1ccc(CNC(=O)CCc2ccc(N)cc2)cc1. The molecule has 21 heavy (non-hydrogen) atoms. The smallest absolute Gasteiger partial charge is 0.220 e. The second-order valence-electron chi connectivity index (χ2n) is 5.19. The molecular formula is C18H22N2O. The van der Waals surface area contributed by atoms with Gasteiger partial charge in [-0.2, -0.15) is 0 Å². The molecule has 0 aliphatic heterocycles. The zero-order valence-corrected chi connectivity index (χ0v) is 12.4. The quantitative estimate of drug-likeness (QED) is 0.800. The summed E-state index contributed by atoms with van der Waals surface area (Å²) in [5.74, 6) is 0.0754. The summed E-state index contributed by atoms with van der Waals surface area (Å²) in [6.07, 6.45) is 2.27. The highest BCUT2D eigenvalue weighted by Gasteiger charge is 2.02. The minimum absolute atomic E-state index is 0.0754. The molecular weight excluding hydrogens is 260 g/mol. The number of nitrogens with two attached hydrogens (primary N) is 1. The Morgan fingerprint density at radius 3 is 2.14 bits per heavy atom. The van der Waals surface area contributed by atoms with Gasteiger partial charge in [-0.25, -0.2) is 0 Å². The molecule has 0 unspecified atom stereocenters. The molecule has 0 aliphatic rings. The zero-order chi connectivity index (χ0) is 15.1. The normalized spacial score (nSPS) is 10.3. The number of aryl methyl sites for hydroxylation is 2. The van der Waals surface area contributed by atoms with Crippen molar-refractivity contribution in [2.75, 3.05) is 5.73 Å². The molecule has 0 fully saturated rings. The number of hydrogen-bond acceptors (Lipinski definition) is 2. The number of hydrogen-bond donors (Lipinski definition) is 2. The van der Waals surface area contributed by atoms with E-state index in [1.807, 2.05) is 24.3 Å². The van der Waals surface area contributed by atoms with Crippen LogP contribution in [0.15, 0.2) is 48.5 Å². The van der Waals surface area contributed by atoms with Crippen molar-refractivity contribution >= 4 is 11.6 Å². The number of anilines is 1. The molecule has 0 spiro atoms. The van der Waals surface area contributed by atoms with Crippen LogP contribution in [0.25, 0.3) is 0 Å². The Labute approximate surface area is 126 Å². The highest BCUT2D eigenvalue weighted by Crippen LogP contribution is 2.08. The van der Waals surface area contributed by atoms with Crippen LogP contribution >= 0.6 is 0 Å². The number of carbonyl (C=O) groups is 1. The van der Waals surface area contributed by atoms with E-state index in [-0.39, 0.29) is 5.91 Å². The summed E-state index contributed by atoms with van der Waals surface area (Å²) in [5.41, 5.74) is 9.96. The first-order chi connectivity index (χ1) is 10.2. The molecule has 110 valence electrons. The Morgan fingerprint density at radius 1 is 0.952 bits per heavy atom. The molecule has 0 radical (unpaired) electrons. The number of benzene rings is 2. The van der Waals surface area contributed by atoms with Gasteiger partial charge in [0.2, 0.25) is 5.91 Å². The maximum atomic E-state index is 11.8. The van der Waals surface area contributed by atoms with E-state index in [1.165, 1.54) is 5.56 Å². The lowest BCUT2D eigenvalue weighted by molar-refractivity contribution is -0.121. The lowest BCUT2D eigenvalue weighted by Gasteiger charge is -2.06. The topological polar surface area (TPSA) is 55.1 Å². The number of nitrogens with one attached hydrogen (secondary N) is 1. The van der Waals surface area contributed by atoms with Crippen molar-refractivity contribution in [3.63, 3.8) is 0 Å².